The molecule has 0 aliphatic carbocycles. The molecule has 2 atom stereocenters. The molecule has 1 saturated heterocycles. The van der Waals surface area contributed by atoms with E-state index in [4.69, 9.17) is 27.9 Å². The molecule has 5 nitrogen and oxygen atoms in total. The number of halogens is 3. The Bertz CT molecular complexity index is 654. The fourth-order valence-electron chi connectivity index (χ4n) is 2.83. The van der Waals surface area contributed by atoms with Crippen LogP contribution in [0.5, 0.6) is 0 Å². The third kappa shape index (κ3) is 5.56. The highest BCUT2D eigenvalue weighted by molar-refractivity contribution is 9.10. The number of rotatable bonds is 6. The van der Waals surface area contributed by atoms with E-state index >= 15 is 0 Å². The molecule has 1 aliphatic rings. The number of hydrogen-bond donors (Lipinski definition) is 1. The molecule has 9 heteroatoms. The molecule has 0 radical (unpaired) electrons. The first-order valence-corrected chi connectivity index (χ1v) is 10.7. The van der Waals surface area contributed by atoms with Crippen LogP contribution in [0.1, 0.15) is 20.3 Å². The second-order valence-corrected chi connectivity index (χ2v) is 9.40. The molecule has 1 aromatic carbocycles. The summed E-state index contributed by atoms with van der Waals surface area (Å²) in [6.45, 7) is 6.95. The normalized spacial score (nSPS) is 22.7. The SMILES string of the molecule is CC1CN(CCCNS(=O)(=O)c2c(Cl)cc(Br)cc2Cl)CC(C)O1. The summed E-state index contributed by atoms with van der Waals surface area (Å²) in [7, 11) is -3.74. The molecule has 0 bridgehead atoms. The smallest absolute Gasteiger partial charge is 0.243 e. The second-order valence-electron chi connectivity index (χ2n) is 5.97. The van der Waals surface area contributed by atoms with Crippen LogP contribution in [0, 0.1) is 0 Å². The maximum atomic E-state index is 12.4. The molecule has 0 saturated carbocycles. The molecule has 1 aromatic rings. The van der Waals surface area contributed by atoms with E-state index in [2.05, 4.69) is 25.6 Å². The number of morpholine rings is 1. The molecular formula is C15H21BrCl2N2O3S. The highest BCUT2D eigenvalue weighted by atomic mass is 79.9. The Labute approximate surface area is 161 Å². The van der Waals surface area contributed by atoms with Gasteiger partial charge >= 0.3 is 0 Å². The fourth-order valence-corrected chi connectivity index (χ4v) is 5.84. The Hall–Kier alpha value is 0.110. The van der Waals surface area contributed by atoms with Gasteiger partial charge in [-0.2, -0.15) is 0 Å². The highest BCUT2D eigenvalue weighted by Crippen LogP contribution is 2.32. The third-order valence-electron chi connectivity index (χ3n) is 3.67. The summed E-state index contributed by atoms with van der Waals surface area (Å²) in [5.41, 5.74) is 0. The van der Waals surface area contributed by atoms with Crippen molar-refractivity contribution in [3.63, 3.8) is 0 Å². The number of hydrogen-bond acceptors (Lipinski definition) is 4. The number of nitrogens with one attached hydrogen (secondary N) is 1. The van der Waals surface area contributed by atoms with Gasteiger partial charge in [-0.15, -0.1) is 0 Å². The Morgan fingerprint density at radius 1 is 1.25 bits per heavy atom. The number of nitrogens with zero attached hydrogens (tertiary/aromatic N) is 1. The van der Waals surface area contributed by atoms with Gasteiger partial charge in [0.2, 0.25) is 10.0 Å². The minimum atomic E-state index is -3.74. The Morgan fingerprint density at radius 2 is 1.79 bits per heavy atom. The van der Waals surface area contributed by atoms with E-state index < -0.39 is 10.0 Å². The van der Waals surface area contributed by atoms with Crippen molar-refractivity contribution in [2.75, 3.05) is 26.2 Å². The quantitative estimate of drug-likeness (QED) is 0.661. The molecule has 1 N–H and O–H groups in total. The average molecular weight is 460 g/mol. The topological polar surface area (TPSA) is 58.6 Å². The first-order valence-electron chi connectivity index (χ1n) is 7.71. The van der Waals surface area contributed by atoms with Gasteiger partial charge in [-0.3, -0.25) is 4.90 Å². The van der Waals surface area contributed by atoms with Gasteiger partial charge in [-0.25, -0.2) is 13.1 Å². The van der Waals surface area contributed by atoms with E-state index in [-0.39, 0.29) is 27.1 Å². The third-order valence-corrected chi connectivity index (χ3v) is 6.51. The van der Waals surface area contributed by atoms with Gasteiger partial charge in [0.05, 0.1) is 22.3 Å². The lowest BCUT2D eigenvalue weighted by atomic mass is 10.2. The van der Waals surface area contributed by atoms with Crippen LogP contribution in [0.15, 0.2) is 21.5 Å². The van der Waals surface area contributed by atoms with Crippen LogP contribution in [-0.2, 0) is 14.8 Å². The number of sulfonamides is 1. The van der Waals surface area contributed by atoms with Crippen LogP contribution >= 0.6 is 39.1 Å². The minimum Gasteiger partial charge on any atom is -0.373 e. The largest absolute Gasteiger partial charge is 0.373 e. The molecule has 1 aliphatic heterocycles. The molecule has 2 rings (SSSR count). The van der Waals surface area contributed by atoms with Crippen LogP contribution < -0.4 is 4.72 Å². The van der Waals surface area contributed by atoms with Crippen molar-refractivity contribution in [2.45, 2.75) is 37.4 Å². The lowest BCUT2D eigenvalue weighted by Crippen LogP contribution is -2.46. The Kier molecular flexibility index (Phi) is 7.37. The highest BCUT2D eigenvalue weighted by Gasteiger charge is 2.23. The Morgan fingerprint density at radius 3 is 2.33 bits per heavy atom. The first kappa shape index (κ1) is 20.4. The van der Waals surface area contributed by atoms with Gasteiger partial charge in [0.25, 0.3) is 0 Å². The maximum Gasteiger partial charge on any atom is 0.243 e. The van der Waals surface area contributed by atoms with Crippen molar-refractivity contribution < 1.29 is 13.2 Å². The summed E-state index contributed by atoms with van der Waals surface area (Å²) in [5.74, 6) is 0. The van der Waals surface area contributed by atoms with E-state index in [1.807, 2.05) is 13.8 Å². The van der Waals surface area contributed by atoms with Crippen LogP contribution in [0.25, 0.3) is 0 Å². The summed E-state index contributed by atoms with van der Waals surface area (Å²) in [4.78, 5) is 2.20. The van der Waals surface area contributed by atoms with E-state index in [1.165, 1.54) is 12.1 Å². The van der Waals surface area contributed by atoms with Crippen molar-refractivity contribution >= 4 is 49.2 Å². The Balaban J connectivity index is 1.90. The van der Waals surface area contributed by atoms with E-state index in [0.717, 1.165) is 19.6 Å². The van der Waals surface area contributed by atoms with Crippen molar-refractivity contribution in [3.05, 3.63) is 26.7 Å². The fraction of sp³-hybridized carbons (Fsp3) is 0.600. The molecule has 1 heterocycles. The van der Waals surface area contributed by atoms with E-state index in [1.54, 1.807) is 0 Å². The van der Waals surface area contributed by atoms with Gasteiger partial charge in [0.15, 0.2) is 0 Å². The standard InChI is InChI=1S/C15H21BrCl2N2O3S/c1-10-8-20(9-11(2)23-10)5-3-4-19-24(21,22)15-13(17)6-12(16)7-14(15)18/h6-7,10-11,19H,3-5,8-9H2,1-2H3. The monoisotopic (exact) mass is 458 g/mol. The summed E-state index contributed by atoms with van der Waals surface area (Å²) in [6, 6.07) is 3.02. The molecule has 0 spiro atoms. The van der Waals surface area contributed by atoms with Crippen molar-refractivity contribution in [1.29, 1.82) is 0 Å². The zero-order chi connectivity index (χ0) is 17.9. The molecule has 136 valence electrons. The van der Waals surface area contributed by atoms with E-state index in [9.17, 15) is 8.42 Å². The van der Waals surface area contributed by atoms with Crippen LogP contribution in [-0.4, -0.2) is 51.7 Å². The zero-order valence-electron chi connectivity index (χ0n) is 13.6. The predicted octanol–water partition coefficient (Wildman–Crippen LogP) is 3.53. The van der Waals surface area contributed by atoms with Gasteiger partial charge < -0.3 is 4.74 Å². The van der Waals surface area contributed by atoms with Crippen LogP contribution in [0.2, 0.25) is 10.0 Å². The molecular weight excluding hydrogens is 439 g/mol. The van der Waals surface area contributed by atoms with Crippen molar-refractivity contribution in [1.82, 2.24) is 9.62 Å². The first-order chi connectivity index (χ1) is 11.2. The van der Waals surface area contributed by atoms with Crippen molar-refractivity contribution in [2.24, 2.45) is 0 Å². The van der Waals surface area contributed by atoms with Gasteiger partial charge in [0, 0.05) is 24.1 Å². The number of benzene rings is 1. The summed E-state index contributed by atoms with van der Waals surface area (Å²) in [5, 5.41) is 0.190. The van der Waals surface area contributed by atoms with Gasteiger partial charge in [-0.1, -0.05) is 39.1 Å². The average Bonchev–Trinajstić information content (AvgIpc) is 2.41. The lowest BCUT2D eigenvalue weighted by Gasteiger charge is -2.35. The number of ether oxygens (including phenoxy) is 1. The van der Waals surface area contributed by atoms with Gasteiger partial charge in [0.1, 0.15) is 4.90 Å². The minimum absolute atomic E-state index is 0.0809. The molecule has 24 heavy (non-hydrogen) atoms. The summed E-state index contributed by atoms with van der Waals surface area (Å²) >= 11 is 15.3. The predicted molar refractivity (Wildman–Crippen MR) is 100 cm³/mol. The second kappa shape index (κ2) is 8.66. The molecule has 1 fully saturated rings. The zero-order valence-corrected chi connectivity index (χ0v) is 17.5. The molecule has 0 amide bonds. The van der Waals surface area contributed by atoms with Gasteiger partial charge in [-0.05, 0) is 38.9 Å². The molecule has 0 aromatic heterocycles. The summed E-state index contributed by atoms with van der Waals surface area (Å²) < 4.78 is 33.7. The van der Waals surface area contributed by atoms with Crippen LogP contribution in [0.4, 0.5) is 0 Å². The van der Waals surface area contributed by atoms with Crippen LogP contribution in [0.3, 0.4) is 0 Å². The summed E-state index contributed by atoms with van der Waals surface area (Å²) in [6.07, 6.45) is 1.10. The van der Waals surface area contributed by atoms with E-state index in [0.29, 0.717) is 17.4 Å². The maximum absolute atomic E-state index is 12.4. The van der Waals surface area contributed by atoms with Crippen molar-refractivity contribution in [3.8, 4) is 0 Å². The molecule has 2 unspecified atom stereocenters. The lowest BCUT2D eigenvalue weighted by molar-refractivity contribution is -0.0679.